The van der Waals surface area contributed by atoms with Crippen LogP contribution in [0.1, 0.15) is 10.7 Å². The van der Waals surface area contributed by atoms with E-state index in [-0.39, 0.29) is 5.89 Å². The molecule has 2 aromatic rings. The first-order valence-electron chi connectivity index (χ1n) is 3.47. The second-order valence-electron chi connectivity index (χ2n) is 2.41. The van der Waals surface area contributed by atoms with Crippen LogP contribution in [0, 0.1) is 3.57 Å². The highest BCUT2D eigenvalue weighted by Crippen LogP contribution is 2.21. The molecule has 66 valence electrons. The van der Waals surface area contributed by atoms with Crippen LogP contribution in [0.15, 0.2) is 22.6 Å². The van der Waals surface area contributed by atoms with Crippen LogP contribution in [0.25, 0.3) is 11.1 Å². The number of carboxylic acids is 1. The number of oxazole rings is 1. The average molecular weight is 289 g/mol. The summed E-state index contributed by atoms with van der Waals surface area (Å²) in [6.45, 7) is 0. The Balaban J connectivity index is 2.75. The lowest BCUT2D eigenvalue weighted by molar-refractivity contribution is 0.0656. The van der Waals surface area contributed by atoms with Gasteiger partial charge in [-0.05, 0) is 34.7 Å². The van der Waals surface area contributed by atoms with Crippen LogP contribution in [0.3, 0.4) is 0 Å². The number of nitrogens with zero attached hydrogens (tertiary/aromatic N) is 1. The minimum absolute atomic E-state index is 0.265. The Labute approximate surface area is 86.7 Å². The number of para-hydroxylation sites is 1. The third kappa shape index (κ3) is 1.39. The molecule has 13 heavy (non-hydrogen) atoms. The van der Waals surface area contributed by atoms with E-state index in [1.165, 1.54) is 0 Å². The van der Waals surface area contributed by atoms with E-state index in [4.69, 9.17) is 9.52 Å². The molecule has 0 amide bonds. The Bertz CT molecular complexity index is 477. The third-order valence-electron chi connectivity index (χ3n) is 1.55. The first kappa shape index (κ1) is 8.49. The number of hydrogen-bond donors (Lipinski definition) is 1. The van der Waals surface area contributed by atoms with Crippen molar-refractivity contribution in [3.8, 4) is 0 Å². The number of halogens is 1. The van der Waals surface area contributed by atoms with Gasteiger partial charge in [-0.3, -0.25) is 0 Å². The highest BCUT2D eigenvalue weighted by atomic mass is 127. The molecule has 2 rings (SSSR count). The molecule has 1 aromatic heterocycles. The molecular weight excluding hydrogens is 285 g/mol. The lowest BCUT2D eigenvalue weighted by Crippen LogP contribution is -1.94. The highest BCUT2D eigenvalue weighted by molar-refractivity contribution is 14.1. The fourth-order valence-electron chi connectivity index (χ4n) is 1.01. The molecule has 4 nitrogen and oxygen atoms in total. The number of rotatable bonds is 1. The largest absolute Gasteiger partial charge is 0.474 e. The minimum Gasteiger partial charge on any atom is -0.474 e. The topological polar surface area (TPSA) is 63.3 Å². The fraction of sp³-hybridized carbons (Fsp3) is 0. The summed E-state index contributed by atoms with van der Waals surface area (Å²) < 4.78 is 5.90. The summed E-state index contributed by atoms with van der Waals surface area (Å²) in [6, 6.07) is 5.35. The molecule has 0 saturated heterocycles. The van der Waals surface area contributed by atoms with Crippen molar-refractivity contribution in [2.24, 2.45) is 0 Å². The van der Waals surface area contributed by atoms with Gasteiger partial charge in [0.2, 0.25) is 0 Å². The highest BCUT2D eigenvalue weighted by Gasteiger charge is 2.13. The van der Waals surface area contributed by atoms with Gasteiger partial charge in [0, 0.05) is 0 Å². The maximum atomic E-state index is 10.5. The number of carboxylic acid groups (broad SMARTS) is 1. The lowest BCUT2D eigenvalue weighted by atomic mass is 10.3. The molecule has 1 heterocycles. The van der Waals surface area contributed by atoms with E-state index in [1.807, 2.05) is 6.07 Å². The molecule has 0 spiro atoms. The van der Waals surface area contributed by atoms with Crippen molar-refractivity contribution in [1.82, 2.24) is 4.98 Å². The molecule has 0 bridgehead atoms. The number of benzene rings is 1. The summed E-state index contributed by atoms with van der Waals surface area (Å²) >= 11 is 2.07. The van der Waals surface area contributed by atoms with Crippen molar-refractivity contribution in [3.63, 3.8) is 0 Å². The lowest BCUT2D eigenvalue weighted by Gasteiger charge is -1.87. The van der Waals surface area contributed by atoms with E-state index in [2.05, 4.69) is 27.6 Å². The summed E-state index contributed by atoms with van der Waals surface area (Å²) in [5, 5.41) is 8.62. The molecule has 0 saturated carbocycles. The van der Waals surface area contributed by atoms with E-state index < -0.39 is 5.97 Å². The summed E-state index contributed by atoms with van der Waals surface area (Å²) in [5.41, 5.74) is 1.10. The number of carbonyl (C=O) groups is 1. The van der Waals surface area contributed by atoms with Crippen LogP contribution in [0.2, 0.25) is 0 Å². The quantitative estimate of drug-likeness (QED) is 0.817. The minimum atomic E-state index is -1.15. The van der Waals surface area contributed by atoms with Crippen molar-refractivity contribution in [3.05, 3.63) is 27.7 Å². The Morgan fingerprint density at radius 2 is 2.31 bits per heavy atom. The molecule has 0 unspecified atom stereocenters. The van der Waals surface area contributed by atoms with Gasteiger partial charge in [0.25, 0.3) is 0 Å². The SMILES string of the molecule is O=C(O)c1nc2cccc(I)c2o1. The van der Waals surface area contributed by atoms with Crippen molar-refractivity contribution < 1.29 is 14.3 Å². The van der Waals surface area contributed by atoms with Gasteiger partial charge in [-0.2, -0.15) is 0 Å². The van der Waals surface area contributed by atoms with Crippen LogP contribution in [-0.2, 0) is 0 Å². The van der Waals surface area contributed by atoms with Gasteiger partial charge in [-0.25, -0.2) is 9.78 Å². The Hall–Kier alpha value is -1.11. The molecule has 5 heteroatoms. The van der Waals surface area contributed by atoms with Crippen molar-refractivity contribution in [2.45, 2.75) is 0 Å². The van der Waals surface area contributed by atoms with Gasteiger partial charge < -0.3 is 9.52 Å². The number of aromatic carboxylic acids is 1. The van der Waals surface area contributed by atoms with Gasteiger partial charge in [0.15, 0.2) is 5.58 Å². The smallest absolute Gasteiger partial charge is 0.392 e. The maximum absolute atomic E-state index is 10.5. The van der Waals surface area contributed by atoms with E-state index in [1.54, 1.807) is 12.1 Å². The van der Waals surface area contributed by atoms with Gasteiger partial charge in [0.05, 0.1) is 3.57 Å². The summed E-state index contributed by atoms with van der Waals surface area (Å²) in [5.74, 6) is -1.41. The van der Waals surface area contributed by atoms with Crippen LogP contribution in [0.4, 0.5) is 0 Å². The predicted octanol–water partition coefficient (Wildman–Crippen LogP) is 2.13. The molecule has 0 aliphatic heterocycles. The second kappa shape index (κ2) is 2.99. The fourth-order valence-corrected chi connectivity index (χ4v) is 1.60. The van der Waals surface area contributed by atoms with E-state index in [9.17, 15) is 4.79 Å². The first-order valence-corrected chi connectivity index (χ1v) is 4.54. The standard InChI is InChI=1S/C8H4INO3/c9-4-2-1-3-5-6(4)13-7(10-5)8(11)12/h1-3H,(H,11,12). The zero-order valence-electron chi connectivity index (χ0n) is 6.32. The van der Waals surface area contributed by atoms with Gasteiger partial charge in [-0.15, -0.1) is 0 Å². The first-order chi connectivity index (χ1) is 6.18. The number of hydrogen-bond acceptors (Lipinski definition) is 3. The van der Waals surface area contributed by atoms with Gasteiger partial charge in [0.1, 0.15) is 5.52 Å². The normalized spacial score (nSPS) is 10.5. The average Bonchev–Trinajstić information content (AvgIpc) is 2.49. The second-order valence-corrected chi connectivity index (χ2v) is 3.57. The Kier molecular flexibility index (Phi) is 1.95. The zero-order chi connectivity index (χ0) is 9.42. The zero-order valence-corrected chi connectivity index (χ0v) is 8.48. The van der Waals surface area contributed by atoms with E-state index in [0.717, 1.165) is 3.57 Å². The Morgan fingerprint density at radius 1 is 1.54 bits per heavy atom. The molecule has 0 aliphatic carbocycles. The molecule has 0 fully saturated rings. The third-order valence-corrected chi connectivity index (χ3v) is 2.40. The molecule has 0 radical (unpaired) electrons. The molecule has 1 N–H and O–H groups in total. The summed E-state index contributed by atoms with van der Waals surface area (Å²) in [6.07, 6.45) is 0. The van der Waals surface area contributed by atoms with Crippen LogP contribution in [0.5, 0.6) is 0 Å². The van der Waals surface area contributed by atoms with Crippen LogP contribution < -0.4 is 0 Å². The summed E-state index contributed by atoms with van der Waals surface area (Å²) in [7, 11) is 0. The molecule has 0 aliphatic rings. The van der Waals surface area contributed by atoms with Crippen molar-refractivity contribution >= 4 is 39.7 Å². The van der Waals surface area contributed by atoms with Crippen LogP contribution >= 0.6 is 22.6 Å². The predicted molar refractivity (Wildman–Crippen MR) is 53.7 cm³/mol. The maximum Gasteiger partial charge on any atom is 0.392 e. The van der Waals surface area contributed by atoms with Gasteiger partial charge in [-0.1, -0.05) is 6.07 Å². The number of fused-ring (bicyclic) bond motifs is 1. The van der Waals surface area contributed by atoms with E-state index in [0.29, 0.717) is 11.1 Å². The van der Waals surface area contributed by atoms with E-state index >= 15 is 0 Å². The van der Waals surface area contributed by atoms with Crippen molar-refractivity contribution in [1.29, 1.82) is 0 Å². The molecule has 0 atom stereocenters. The molecular formula is C8H4INO3. The van der Waals surface area contributed by atoms with Gasteiger partial charge >= 0.3 is 11.9 Å². The Morgan fingerprint density at radius 3 is 2.92 bits per heavy atom. The summed E-state index contributed by atoms with van der Waals surface area (Å²) in [4.78, 5) is 14.3. The van der Waals surface area contributed by atoms with Crippen molar-refractivity contribution in [2.75, 3.05) is 0 Å². The monoisotopic (exact) mass is 289 g/mol. The molecule has 1 aromatic carbocycles. The van der Waals surface area contributed by atoms with Crippen LogP contribution in [-0.4, -0.2) is 16.1 Å². The number of aromatic nitrogens is 1.